The van der Waals surface area contributed by atoms with E-state index in [1.54, 1.807) is 0 Å². The number of unbranched alkanes of at least 4 members (excludes halogenated alkanes) is 4. The number of aliphatic hydroxyl groups excluding tert-OH is 1. The summed E-state index contributed by atoms with van der Waals surface area (Å²) in [6.07, 6.45) is 5.78. The zero-order chi connectivity index (χ0) is 12.4. The Morgan fingerprint density at radius 3 is 2.25 bits per heavy atom. The van der Waals surface area contributed by atoms with E-state index < -0.39 is 18.5 Å². The van der Waals surface area contributed by atoms with Crippen LogP contribution in [0.25, 0.3) is 0 Å². The van der Waals surface area contributed by atoms with Crippen molar-refractivity contribution in [3.05, 3.63) is 0 Å². The summed E-state index contributed by atoms with van der Waals surface area (Å²) >= 11 is 0. The number of carboxylic acid groups (broad SMARTS) is 1. The third-order valence-electron chi connectivity index (χ3n) is 2.69. The number of hydrogen-bond acceptors (Lipinski definition) is 3. The van der Waals surface area contributed by atoms with Crippen LogP contribution >= 0.6 is 0 Å². The molecule has 0 radical (unpaired) electrons. The van der Waals surface area contributed by atoms with Gasteiger partial charge < -0.3 is 10.2 Å². The predicted molar refractivity (Wildman–Crippen MR) is 61.2 cm³/mol. The molecule has 1 atom stereocenters. The highest BCUT2D eigenvalue weighted by Gasteiger charge is 2.20. The van der Waals surface area contributed by atoms with E-state index in [1.165, 1.54) is 6.42 Å². The summed E-state index contributed by atoms with van der Waals surface area (Å²) in [6.45, 7) is 1.58. The maximum atomic E-state index is 11.3. The Bertz CT molecular complexity index is 213. The molecule has 0 spiro atoms. The maximum absolute atomic E-state index is 11.3. The summed E-state index contributed by atoms with van der Waals surface area (Å²) in [4.78, 5) is 21.8. The first-order valence-corrected chi connectivity index (χ1v) is 5.97. The Labute approximate surface area is 96.7 Å². The number of carbonyl (C=O) groups excluding carboxylic acids is 1. The smallest absolute Gasteiger partial charge is 0.304 e. The van der Waals surface area contributed by atoms with Crippen LogP contribution in [0.4, 0.5) is 0 Å². The molecule has 0 aliphatic carbocycles. The van der Waals surface area contributed by atoms with E-state index in [0.717, 1.165) is 25.7 Å². The molecule has 1 unspecified atom stereocenters. The fourth-order valence-electron chi connectivity index (χ4n) is 1.71. The number of carboxylic acids is 1. The molecule has 94 valence electrons. The zero-order valence-electron chi connectivity index (χ0n) is 9.95. The minimum absolute atomic E-state index is 0.160. The van der Waals surface area contributed by atoms with Gasteiger partial charge in [-0.25, -0.2) is 0 Å². The molecule has 0 aromatic carbocycles. The molecule has 4 heteroatoms. The Morgan fingerprint density at radius 1 is 1.12 bits per heavy atom. The fourth-order valence-corrected chi connectivity index (χ4v) is 1.71. The van der Waals surface area contributed by atoms with Gasteiger partial charge in [0, 0.05) is 5.92 Å². The molecular formula is C12H22O4. The van der Waals surface area contributed by atoms with Crippen LogP contribution in [0.2, 0.25) is 0 Å². The molecule has 0 saturated carbocycles. The van der Waals surface area contributed by atoms with E-state index in [-0.39, 0.29) is 12.2 Å². The van der Waals surface area contributed by atoms with Gasteiger partial charge in [-0.15, -0.1) is 0 Å². The number of aliphatic carboxylic acids is 1. The van der Waals surface area contributed by atoms with Crippen molar-refractivity contribution in [2.45, 2.75) is 51.9 Å². The quantitative estimate of drug-likeness (QED) is 0.563. The number of ketones is 1. The molecule has 0 saturated heterocycles. The van der Waals surface area contributed by atoms with E-state index >= 15 is 0 Å². The summed E-state index contributed by atoms with van der Waals surface area (Å²) in [6, 6.07) is 0. The largest absolute Gasteiger partial charge is 0.481 e. The van der Waals surface area contributed by atoms with Crippen molar-refractivity contribution < 1.29 is 19.8 Å². The normalized spacial score (nSPS) is 12.4. The Balaban J connectivity index is 3.83. The Morgan fingerprint density at radius 2 is 1.75 bits per heavy atom. The highest BCUT2D eigenvalue weighted by atomic mass is 16.4. The van der Waals surface area contributed by atoms with Crippen LogP contribution in [0, 0.1) is 5.92 Å². The number of Topliss-reactive ketones (excluding diaryl/α,β-unsaturated/α-hetero) is 1. The molecule has 0 bridgehead atoms. The van der Waals surface area contributed by atoms with Crippen LogP contribution in [-0.2, 0) is 9.59 Å². The summed E-state index contributed by atoms with van der Waals surface area (Å²) in [7, 11) is 0. The molecule has 0 aliphatic heterocycles. The predicted octanol–water partition coefficient (Wildman–Crippen LogP) is 2.00. The van der Waals surface area contributed by atoms with Crippen molar-refractivity contribution in [3.63, 3.8) is 0 Å². The number of aliphatic hydroxyl groups is 1. The van der Waals surface area contributed by atoms with E-state index in [2.05, 4.69) is 6.92 Å². The number of rotatable bonds is 10. The van der Waals surface area contributed by atoms with Crippen molar-refractivity contribution in [2.75, 3.05) is 6.61 Å². The highest BCUT2D eigenvalue weighted by Crippen LogP contribution is 2.16. The highest BCUT2D eigenvalue weighted by molar-refractivity contribution is 5.85. The van der Waals surface area contributed by atoms with Gasteiger partial charge in [0.2, 0.25) is 0 Å². The lowest BCUT2D eigenvalue weighted by Crippen LogP contribution is -2.21. The van der Waals surface area contributed by atoms with Gasteiger partial charge in [0.25, 0.3) is 0 Å². The van der Waals surface area contributed by atoms with Gasteiger partial charge in [0.05, 0.1) is 6.42 Å². The van der Waals surface area contributed by atoms with Crippen LogP contribution < -0.4 is 0 Å². The topological polar surface area (TPSA) is 74.6 Å². The van der Waals surface area contributed by atoms with E-state index in [0.29, 0.717) is 6.42 Å². The molecular weight excluding hydrogens is 208 g/mol. The van der Waals surface area contributed by atoms with Gasteiger partial charge >= 0.3 is 5.97 Å². The van der Waals surface area contributed by atoms with Crippen molar-refractivity contribution >= 4 is 11.8 Å². The molecule has 0 heterocycles. The van der Waals surface area contributed by atoms with Crippen molar-refractivity contribution in [1.29, 1.82) is 0 Å². The van der Waals surface area contributed by atoms with Gasteiger partial charge in [-0.2, -0.15) is 0 Å². The lowest BCUT2D eigenvalue weighted by molar-refractivity contribution is -0.141. The van der Waals surface area contributed by atoms with E-state index in [4.69, 9.17) is 10.2 Å². The van der Waals surface area contributed by atoms with Crippen molar-refractivity contribution in [2.24, 2.45) is 5.92 Å². The first-order valence-electron chi connectivity index (χ1n) is 5.97. The second-order valence-electron chi connectivity index (χ2n) is 4.12. The van der Waals surface area contributed by atoms with Crippen molar-refractivity contribution in [3.8, 4) is 0 Å². The Hall–Kier alpha value is -0.900. The standard InChI is InChI=1S/C12H22O4/c1-2-3-4-5-6-7-10(8-12(15)16)11(14)9-13/h10,13H,2-9H2,1H3,(H,15,16). The van der Waals surface area contributed by atoms with Crippen LogP contribution in [0.15, 0.2) is 0 Å². The molecule has 0 aliphatic rings. The fraction of sp³-hybridized carbons (Fsp3) is 0.833. The van der Waals surface area contributed by atoms with Crippen LogP contribution in [0.5, 0.6) is 0 Å². The van der Waals surface area contributed by atoms with Gasteiger partial charge in [-0.1, -0.05) is 39.0 Å². The SMILES string of the molecule is CCCCCCCC(CC(=O)O)C(=O)CO. The lowest BCUT2D eigenvalue weighted by atomic mass is 9.93. The van der Waals surface area contributed by atoms with Crippen LogP contribution in [0.1, 0.15) is 51.9 Å². The van der Waals surface area contributed by atoms with Gasteiger partial charge in [-0.3, -0.25) is 9.59 Å². The monoisotopic (exact) mass is 230 g/mol. The number of hydrogen-bond donors (Lipinski definition) is 2. The molecule has 4 nitrogen and oxygen atoms in total. The molecule has 0 aromatic rings. The molecule has 16 heavy (non-hydrogen) atoms. The summed E-state index contributed by atoms with van der Waals surface area (Å²) in [5.74, 6) is -1.83. The van der Waals surface area contributed by atoms with Gasteiger partial charge in [0.15, 0.2) is 5.78 Å². The molecule has 0 fully saturated rings. The molecule has 2 N–H and O–H groups in total. The minimum Gasteiger partial charge on any atom is -0.481 e. The average molecular weight is 230 g/mol. The average Bonchev–Trinajstić information content (AvgIpc) is 2.25. The minimum atomic E-state index is -0.972. The first-order chi connectivity index (χ1) is 7.61. The third kappa shape index (κ3) is 7.40. The summed E-state index contributed by atoms with van der Waals surface area (Å²) in [5.41, 5.74) is 0. The van der Waals surface area contributed by atoms with E-state index in [1.807, 2.05) is 0 Å². The van der Waals surface area contributed by atoms with Gasteiger partial charge in [0.1, 0.15) is 6.61 Å². The van der Waals surface area contributed by atoms with E-state index in [9.17, 15) is 9.59 Å². The molecule has 0 aromatic heterocycles. The first kappa shape index (κ1) is 15.1. The summed E-state index contributed by atoms with van der Waals surface area (Å²) in [5, 5.41) is 17.4. The lowest BCUT2D eigenvalue weighted by Gasteiger charge is -2.11. The number of carbonyl (C=O) groups is 2. The molecule has 0 amide bonds. The van der Waals surface area contributed by atoms with Crippen LogP contribution in [0.3, 0.4) is 0 Å². The Kier molecular flexibility index (Phi) is 8.81. The molecule has 0 rings (SSSR count). The maximum Gasteiger partial charge on any atom is 0.304 e. The van der Waals surface area contributed by atoms with Crippen LogP contribution in [-0.4, -0.2) is 28.6 Å². The van der Waals surface area contributed by atoms with Gasteiger partial charge in [-0.05, 0) is 6.42 Å². The second kappa shape index (κ2) is 9.33. The zero-order valence-corrected chi connectivity index (χ0v) is 9.95. The summed E-state index contributed by atoms with van der Waals surface area (Å²) < 4.78 is 0. The second-order valence-corrected chi connectivity index (χ2v) is 4.12. The third-order valence-corrected chi connectivity index (χ3v) is 2.69. The van der Waals surface area contributed by atoms with Crippen molar-refractivity contribution in [1.82, 2.24) is 0 Å².